The SMILES string of the molecule is Cc1ccc(Oc2ccc(C(=O)NCC(=O)N3CC4(CC3C(=O)N[C@H](C)c3cc(C(=N)N)cs3)OCCO4)cc2)cc1. The number of likely N-dealkylation sites (tertiary alicyclic amines) is 1. The molecular weight excluding hydrogens is 558 g/mol. The minimum atomic E-state index is -1.05. The molecule has 220 valence electrons. The van der Waals surface area contributed by atoms with Gasteiger partial charge in [-0.1, -0.05) is 17.7 Å². The van der Waals surface area contributed by atoms with Crippen molar-refractivity contribution < 1.29 is 28.6 Å². The van der Waals surface area contributed by atoms with Crippen LogP contribution in [0.4, 0.5) is 0 Å². The molecule has 2 aliphatic rings. The minimum Gasteiger partial charge on any atom is -0.457 e. The normalized spacial score (nSPS) is 18.0. The molecule has 11 nitrogen and oxygen atoms in total. The molecule has 3 amide bonds. The van der Waals surface area contributed by atoms with Crippen LogP contribution in [0.1, 0.15) is 45.7 Å². The van der Waals surface area contributed by atoms with Crippen LogP contribution in [-0.2, 0) is 19.1 Å². The van der Waals surface area contributed by atoms with Crippen LogP contribution in [-0.4, -0.2) is 66.6 Å². The Morgan fingerprint density at radius 2 is 1.74 bits per heavy atom. The van der Waals surface area contributed by atoms with Crippen LogP contribution in [0, 0.1) is 12.3 Å². The molecular formula is C30H33N5O6S. The van der Waals surface area contributed by atoms with E-state index >= 15 is 0 Å². The van der Waals surface area contributed by atoms with E-state index in [0.29, 0.717) is 35.8 Å². The number of ether oxygens (including phenoxy) is 3. The fourth-order valence-corrected chi connectivity index (χ4v) is 5.84. The maximum absolute atomic E-state index is 13.4. The average Bonchev–Trinajstić information content (AvgIpc) is 3.74. The summed E-state index contributed by atoms with van der Waals surface area (Å²) in [7, 11) is 0. The number of nitrogens with two attached hydrogens (primary N) is 1. The van der Waals surface area contributed by atoms with E-state index in [1.165, 1.54) is 16.2 Å². The lowest BCUT2D eigenvalue weighted by molar-refractivity contribution is -0.152. The fourth-order valence-electron chi connectivity index (χ4n) is 4.92. The van der Waals surface area contributed by atoms with Crippen molar-refractivity contribution in [1.29, 1.82) is 5.41 Å². The zero-order valence-corrected chi connectivity index (χ0v) is 24.2. The van der Waals surface area contributed by atoms with Gasteiger partial charge in [-0.05, 0) is 56.3 Å². The highest BCUT2D eigenvalue weighted by atomic mass is 32.1. The molecule has 2 aromatic carbocycles. The summed E-state index contributed by atoms with van der Waals surface area (Å²) >= 11 is 1.39. The third-order valence-electron chi connectivity index (χ3n) is 7.22. The molecule has 0 radical (unpaired) electrons. The first-order valence-corrected chi connectivity index (χ1v) is 14.4. The Bertz CT molecular complexity index is 1470. The van der Waals surface area contributed by atoms with Gasteiger partial charge in [-0.25, -0.2) is 0 Å². The summed E-state index contributed by atoms with van der Waals surface area (Å²) in [5.74, 6) is -1.06. The van der Waals surface area contributed by atoms with Crippen LogP contribution >= 0.6 is 11.3 Å². The Hall–Kier alpha value is -4.26. The number of aryl methyl sites for hydroxylation is 1. The zero-order chi connectivity index (χ0) is 29.9. The van der Waals surface area contributed by atoms with Crippen molar-refractivity contribution in [1.82, 2.24) is 15.5 Å². The lowest BCUT2D eigenvalue weighted by atomic mass is 10.1. The van der Waals surface area contributed by atoms with Gasteiger partial charge in [0.15, 0.2) is 5.79 Å². The molecule has 1 unspecified atom stereocenters. The number of nitrogens with one attached hydrogen (secondary N) is 3. The molecule has 2 atom stereocenters. The smallest absolute Gasteiger partial charge is 0.251 e. The molecule has 42 heavy (non-hydrogen) atoms. The number of hydrogen-bond donors (Lipinski definition) is 4. The maximum atomic E-state index is 13.4. The third kappa shape index (κ3) is 6.62. The van der Waals surface area contributed by atoms with E-state index < -0.39 is 23.6 Å². The van der Waals surface area contributed by atoms with Crippen molar-refractivity contribution in [3.05, 3.63) is 81.5 Å². The minimum absolute atomic E-state index is 0.0466. The Morgan fingerprint density at radius 1 is 1.10 bits per heavy atom. The summed E-state index contributed by atoms with van der Waals surface area (Å²) in [4.78, 5) is 41.7. The number of thiophene rings is 1. The maximum Gasteiger partial charge on any atom is 0.251 e. The summed E-state index contributed by atoms with van der Waals surface area (Å²) in [5, 5.41) is 15.0. The van der Waals surface area contributed by atoms with Crippen molar-refractivity contribution in [3.8, 4) is 11.5 Å². The summed E-state index contributed by atoms with van der Waals surface area (Å²) in [5.41, 5.74) is 7.64. The van der Waals surface area contributed by atoms with Crippen molar-refractivity contribution >= 4 is 34.9 Å². The van der Waals surface area contributed by atoms with Crippen LogP contribution in [0.25, 0.3) is 0 Å². The molecule has 2 saturated heterocycles. The molecule has 3 heterocycles. The van der Waals surface area contributed by atoms with Gasteiger partial charge in [0.2, 0.25) is 11.8 Å². The van der Waals surface area contributed by atoms with Gasteiger partial charge in [0.25, 0.3) is 5.91 Å². The van der Waals surface area contributed by atoms with Gasteiger partial charge in [0.1, 0.15) is 23.4 Å². The molecule has 2 fully saturated rings. The first-order valence-electron chi connectivity index (χ1n) is 13.6. The number of amidine groups is 1. The van der Waals surface area contributed by atoms with Crippen molar-refractivity contribution in [3.63, 3.8) is 0 Å². The third-order valence-corrected chi connectivity index (χ3v) is 8.33. The quantitative estimate of drug-likeness (QED) is 0.220. The molecule has 5 rings (SSSR count). The Labute approximate surface area is 247 Å². The van der Waals surface area contributed by atoms with E-state index in [2.05, 4.69) is 10.6 Å². The second-order valence-corrected chi connectivity index (χ2v) is 11.3. The molecule has 3 aromatic rings. The number of rotatable bonds is 9. The predicted octanol–water partition coefficient (Wildman–Crippen LogP) is 3.08. The van der Waals surface area contributed by atoms with Crippen LogP contribution < -0.4 is 21.1 Å². The second kappa shape index (κ2) is 12.3. The monoisotopic (exact) mass is 591 g/mol. The largest absolute Gasteiger partial charge is 0.457 e. The predicted molar refractivity (Wildman–Crippen MR) is 157 cm³/mol. The first kappa shape index (κ1) is 29.2. The highest BCUT2D eigenvalue weighted by molar-refractivity contribution is 7.10. The van der Waals surface area contributed by atoms with E-state index in [1.807, 2.05) is 38.1 Å². The van der Waals surface area contributed by atoms with Gasteiger partial charge in [-0.2, -0.15) is 0 Å². The van der Waals surface area contributed by atoms with Crippen LogP contribution in [0.15, 0.2) is 60.0 Å². The summed E-state index contributed by atoms with van der Waals surface area (Å²) in [6.07, 6.45) is 0.177. The van der Waals surface area contributed by atoms with Crippen LogP contribution in [0.2, 0.25) is 0 Å². The number of nitrogen functional groups attached to an aromatic ring is 1. The zero-order valence-electron chi connectivity index (χ0n) is 23.3. The molecule has 1 spiro atoms. The molecule has 2 aliphatic heterocycles. The Morgan fingerprint density at radius 3 is 2.36 bits per heavy atom. The second-order valence-electron chi connectivity index (χ2n) is 10.4. The standard InChI is InChI=1S/C30H33N5O6S/c1-18-3-7-22(8-4-18)41-23-9-5-20(6-10-23)28(37)33-15-26(36)35-17-30(39-11-12-40-30)14-24(35)29(38)34-19(2)25-13-21(16-42-25)27(31)32/h3-10,13,16,19,24H,11-12,14-15,17H2,1-2H3,(H3,31,32)(H,33,37)(H,34,38)/t19-,24?/m1/s1. The number of amides is 3. The van der Waals surface area contributed by atoms with Gasteiger partial charge < -0.3 is 35.5 Å². The number of nitrogens with zero attached hydrogens (tertiary/aromatic N) is 1. The lowest BCUT2D eigenvalue weighted by Crippen LogP contribution is -2.49. The molecule has 12 heteroatoms. The number of carbonyl (C=O) groups is 3. The van der Waals surface area contributed by atoms with Crippen molar-refractivity contribution in [2.45, 2.75) is 38.1 Å². The van der Waals surface area contributed by atoms with Gasteiger partial charge in [0.05, 0.1) is 32.3 Å². The summed E-state index contributed by atoms with van der Waals surface area (Å²) in [6, 6.07) is 14.8. The van der Waals surface area contributed by atoms with E-state index in [1.54, 1.807) is 35.7 Å². The van der Waals surface area contributed by atoms with E-state index in [4.69, 9.17) is 25.4 Å². The summed E-state index contributed by atoms with van der Waals surface area (Å²) < 4.78 is 17.4. The van der Waals surface area contributed by atoms with Crippen LogP contribution in [0.3, 0.4) is 0 Å². The number of hydrogen-bond acceptors (Lipinski definition) is 8. The van der Waals surface area contributed by atoms with Gasteiger partial charge in [-0.15, -0.1) is 11.3 Å². The highest BCUT2D eigenvalue weighted by Gasteiger charge is 2.52. The van der Waals surface area contributed by atoms with Crippen molar-refractivity contribution in [2.75, 3.05) is 26.3 Å². The first-order chi connectivity index (χ1) is 20.1. The number of carbonyl (C=O) groups excluding carboxylic acids is 3. The molecule has 0 bridgehead atoms. The van der Waals surface area contributed by atoms with Gasteiger partial charge in [0, 0.05) is 27.8 Å². The van der Waals surface area contributed by atoms with E-state index in [-0.39, 0.29) is 37.3 Å². The van der Waals surface area contributed by atoms with Gasteiger partial charge >= 0.3 is 0 Å². The summed E-state index contributed by atoms with van der Waals surface area (Å²) in [6.45, 7) is 4.33. The molecule has 1 aromatic heterocycles. The van der Waals surface area contributed by atoms with Crippen molar-refractivity contribution in [2.24, 2.45) is 5.73 Å². The topological polar surface area (TPSA) is 156 Å². The Kier molecular flexibility index (Phi) is 8.57. The fraction of sp³-hybridized carbons (Fsp3) is 0.333. The molecule has 5 N–H and O–H groups in total. The molecule has 0 aliphatic carbocycles. The highest BCUT2D eigenvalue weighted by Crippen LogP contribution is 2.35. The lowest BCUT2D eigenvalue weighted by Gasteiger charge is -2.25. The van der Waals surface area contributed by atoms with E-state index in [0.717, 1.165) is 10.4 Å². The number of benzene rings is 2. The van der Waals surface area contributed by atoms with Crippen LogP contribution in [0.5, 0.6) is 11.5 Å². The average molecular weight is 592 g/mol. The van der Waals surface area contributed by atoms with E-state index in [9.17, 15) is 14.4 Å². The molecule has 0 saturated carbocycles. The Balaban J connectivity index is 1.20. The van der Waals surface area contributed by atoms with Gasteiger partial charge in [-0.3, -0.25) is 19.8 Å².